The number of aryl methyl sites for hydroxylation is 1. The molecule has 0 aliphatic rings. The summed E-state index contributed by atoms with van der Waals surface area (Å²) in [7, 11) is 0. The number of anilines is 1. The number of oxime groups is 1. The number of hydrogen-bond acceptors (Lipinski definition) is 4. The number of nitrogens with two attached hydrogens (primary N) is 1. The summed E-state index contributed by atoms with van der Waals surface area (Å²) in [5.41, 5.74) is 9.69. The maximum absolute atomic E-state index is 8.69. The van der Waals surface area contributed by atoms with Crippen molar-refractivity contribution in [1.82, 2.24) is 0 Å². The summed E-state index contributed by atoms with van der Waals surface area (Å²) in [5, 5.41) is 15.1. The fourth-order valence-corrected chi connectivity index (χ4v) is 2.43. The Hall–Kier alpha value is -2.14. The molecule has 2 rings (SSSR count). The molecule has 0 bridgehead atoms. The topological polar surface area (TPSA) is 70.6 Å². The largest absolute Gasteiger partial charge is 0.409 e. The van der Waals surface area contributed by atoms with Crippen LogP contribution in [0.15, 0.2) is 52.5 Å². The highest BCUT2D eigenvalue weighted by atomic mass is 32.2. The number of benzene rings is 2. The third kappa shape index (κ3) is 3.92. The summed E-state index contributed by atoms with van der Waals surface area (Å²) in [4.78, 5) is 1.25. The van der Waals surface area contributed by atoms with Crippen LogP contribution in [0.4, 0.5) is 5.69 Å². The summed E-state index contributed by atoms with van der Waals surface area (Å²) in [6, 6.07) is 14.1. The fraction of sp³-hybridized carbons (Fsp3) is 0.188. The zero-order valence-electron chi connectivity index (χ0n) is 12.1. The van der Waals surface area contributed by atoms with Gasteiger partial charge in [0.2, 0.25) is 0 Å². The minimum atomic E-state index is 0.130. The monoisotopic (exact) mass is 301 g/mol. The molecule has 0 spiro atoms. The Balaban J connectivity index is 2.05. The molecule has 0 aliphatic carbocycles. The van der Waals surface area contributed by atoms with Gasteiger partial charge in [0.05, 0.1) is 0 Å². The lowest BCUT2D eigenvalue weighted by Crippen LogP contribution is -2.13. The van der Waals surface area contributed by atoms with Crippen molar-refractivity contribution in [3.8, 4) is 0 Å². The van der Waals surface area contributed by atoms with Gasteiger partial charge in [0.15, 0.2) is 5.84 Å². The van der Waals surface area contributed by atoms with Crippen LogP contribution in [0.1, 0.15) is 16.7 Å². The zero-order valence-corrected chi connectivity index (χ0v) is 12.9. The van der Waals surface area contributed by atoms with Gasteiger partial charge in [-0.2, -0.15) is 0 Å². The van der Waals surface area contributed by atoms with E-state index in [1.165, 1.54) is 10.5 Å². The predicted octanol–water partition coefficient (Wildman–Crippen LogP) is 3.42. The number of thioether (sulfide) groups is 1. The van der Waals surface area contributed by atoms with E-state index in [1.54, 1.807) is 11.8 Å². The quantitative estimate of drug-likeness (QED) is 0.260. The molecule has 0 heterocycles. The van der Waals surface area contributed by atoms with E-state index >= 15 is 0 Å². The standard InChI is InChI=1S/C16H19N3OS/c1-11-9-12(16(17)19-20)3-4-13(11)10-18-14-5-7-15(21-2)8-6-14/h3-9,18,20H,10H2,1-2H3,(H2,17,19). The van der Waals surface area contributed by atoms with Crippen LogP contribution in [-0.2, 0) is 6.54 Å². The molecule has 0 aromatic heterocycles. The Morgan fingerprint density at radius 3 is 2.52 bits per heavy atom. The van der Waals surface area contributed by atoms with Gasteiger partial charge in [-0.15, -0.1) is 11.8 Å². The van der Waals surface area contributed by atoms with Crippen molar-refractivity contribution in [2.75, 3.05) is 11.6 Å². The summed E-state index contributed by atoms with van der Waals surface area (Å²) in [5.74, 6) is 0.130. The Morgan fingerprint density at radius 1 is 1.24 bits per heavy atom. The number of nitrogens with one attached hydrogen (secondary N) is 1. The molecule has 0 saturated heterocycles. The van der Waals surface area contributed by atoms with Crippen LogP contribution < -0.4 is 11.1 Å². The Morgan fingerprint density at radius 2 is 1.95 bits per heavy atom. The van der Waals surface area contributed by atoms with Crippen LogP contribution in [0.5, 0.6) is 0 Å². The van der Waals surface area contributed by atoms with Gasteiger partial charge >= 0.3 is 0 Å². The first-order chi connectivity index (χ1) is 10.1. The highest BCUT2D eigenvalue weighted by molar-refractivity contribution is 7.98. The van der Waals surface area contributed by atoms with Crippen molar-refractivity contribution < 1.29 is 5.21 Å². The molecule has 0 amide bonds. The Bertz CT molecular complexity index is 638. The van der Waals surface area contributed by atoms with E-state index in [0.29, 0.717) is 0 Å². The van der Waals surface area contributed by atoms with Crippen LogP contribution >= 0.6 is 11.8 Å². The average Bonchev–Trinajstić information content (AvgIpc) is 2.53. The molecule has 0 atom stereocenters. The van der Waals surface area contributed by atoms with Crippen molar-refractivity contribution >= 4 is 23.3 Å². The molecular formula is C16H19N3OS. The lowest BCUT2D eigenvalue weighted by atomic mass is 10.0. The van der Waals surface area contributed by atoms with E-state index in [2.05, 4.69) is 41.0 Å². The molecule has 0 aliphatic heterocycles. The van der Waals surface area contributed by atoms with E-state index in [4.69, 9.17) is 10.9 Å². The number of rotatable bonds is 5. The van der Waals surface area contributed by atoms with Crippen LogP contribution in [0.2, 0.25) is 0 Å². The summed E-state index contributed by atoms with van der Waals surface area (Å²) in [6.07, 6.45) is 2.06. The highest BCUT2D eigenvalue weighted by Gasteiger charge is 2.04. The molecule has 2 aromatic carbocycles. The third-order valence-electron chi connectivity index (χ3n) is 3.32. The summed E-state index contributed by atoms with van der Waals surface area (Å²) < 4.78 is 0. The molecule has 110 valence electrons. The number of amidine groups is 1. The average molecular weight is 301 g/mol. The van der Waals surface area contributed by atoms with Crippen molar-refractivity contribution in [2.45, 2.75) is 18.4 Å². The lowest BCUT2D eigenvalue weighted by Gasteiger charge is -2.11. The van der Waals surface area contributed by atoms with Gasteiger partial charge < -0.3 is 16.3 Å². The minimum absolute atomic E-state index is 0.130. The van der Waals surface area contributed by atoms with E-state index < -0.39 is 0 Å². The van der Waals surface area contributed by atoms with E-state index in [-0.39, 0.29) is 5.84 Å². The summed E-state index contributed by atoms with van der Waals surface area (Å²) >= 11 is 1.73. The van der Waals surface area contributed by atoms with Crippen molar-refractivity contribution in [1.29, 1.82) is 0 Å². The predicted molar refractivity (Wildman–Crippen MR) is 89.2 cm³/mol. The molecule has 4 nitrogen and oxygen atoms in total. The van der Waals surface area contributed by atoms with Gasteiger partial charge in [-0.25, -0.2) is 0 Å². The van der Waals surface area contributed by atoms with Crippen LogP contribution in [0, 0.1) is 6.92 Å². The highest BCUT2D eigenvalue weighted by Crippen LogP contribution is 2.19. The first-order valence-electron chi connectivity index (χ1n) is 6.59. The van der Waals surface area contributed by atoms with Crippen LogP contribution in [0.25, 0.3) is 0 Å². The number of hydrogen-bond donors (Lipinski definition) is 3. The first-order valence-corrected chi connectivity index (χ1v) is 7.82. The van der Waals surface area contributed by atoms with Gasteiger partial charge in [-0.3, -0.25) is 0 Å². The van der Waals surface area contributed by atoms with Gasteiger partial charge in [-0.05, 0) is 54.6 Å². The van der Waals surface area contributed by atoms with Crippen LogP contribution in [-0.4, -0.2) is 17.3 Å². The van der Waals surface area contributed by atoms with Crippen molar-refractivity contribution in [3.05, 3.63) is 59.2 Å². The fourth-order valence-electron chi connectivity index (χ4n) is 2.02. The molecular weight excluding hydrogens is 282 g/mol. The van der Waals surface area contributed by atoms with E-state index in [9.17, 15) is 0 Å². The maximum Gasteiger partial charge on any atom is 0.170 e. The molecule has 0 unspecified atom stereocenters. The van der Waals surface area contributed by atoms with Crippen molar-refractivity contribution in [2.24, 2.45) is 10.9 Å². The van der Waals surface area contributed by atoms with Gasteiger partial charge in [0.1, 0.15) is 0 Å². The molecule has 0 radical (unpaired) electrons. The second-order valence-electron chi connectivity index (χ2n) is 4.71. The zero-order chi connectivity index (χ0) is 15.2. The molecule has 2 aromatic rings. The molecule has 5 heteroatoms. The molecule has 0 saturated carbocycles. The van der Waals surface area contributed by atoms with E-state index in [0.717, 1.165) is 23.4 Å². The SMILES string of the molecule is CSc1ccc(NCc2ccc(/C(N)=N/O)cc2C)cc1. The molecule has 4 N–H and O–H groups in total. The lowest BCUT2D eigenvalue weighted by molar-refractivity contribution is 0.318. The molecule has 21 heavy (non-hydrogen) atoms. The second kappa shape index (κ2) is 7.04. The van der Waals surface area contributed by atoms with Crippen LogP contribution in [0.3, 0.4) is 0 Å². The van der Waals surface area contributed by atoms with Gasteiger partial charge in [-0.1, -0.05) is 17.3 Å². The van der Waals surface area contributed by atoms with Gasteiger partial charge in [0.25, 0.3) is 0 Å². The summed E-state index contributed by atoms with van der Waals surface area (Å²) in [6.45, 7) is 2.75. The smallest absolute Gasteiger partial charge is 0.170 e. The van der Waals surface area contributed by atoms with Gasteiger partial charge in [0, 0.05) is 22.7 Å². The second-order valence-corrected chi connectivity index (χ2v) is 5.59. The number of nitrogens with zero attached hydrogens (tertiary/aromatic N) is 1. The molecule has 0 fully saturated rings. The maximum atomic E-state index is 8.69. The normalized spacial score (nSPS) is 11.4. The first kappa shape index (κ1) is 15.3. The van der Waals surface area contributed by atoms with Crippen molar-refractivity contribution in [3.63, 3.8) is 0 Å². The Kier molecular flexibility index (Phi) is 5.11. The third-order valence-corrected chi connectivity index (χ3v) is 4.06. The van der Waals surface area contributed by atoms with E-state index in [1.807, 2.05) is 25.1 Å². The minimum Gasteiger partial charge on any atom is -0.409 e. The Labute approximate surface area is 129 Å².